The molecule has 0 aromatic rings. The van der Waals surface area contributed by atoms with Gasteiger partial charge in [-0.05, 0) is 0 Å². The van der Waals surface area contributed by atoms with Gasteiger partial charge in [-0.1, -0.05) is 0 Å². The van der Waals surface area contributed by atoms with E-state index in [1.54, 1.807) is 0 Å². The molecule has 0 amide bonds. The molecule has 0 fully saturated rings. The third-order valence-corrected chi connectivity index (χ3v) is 2.43. The topological polar surface area (TPSA) is 130 Å². The Kier molecular flexibility index (Phi) is 16.5. The normalized spacial score (nSPS) is 10.5. The summed E-state index contributed by atoms with van der Waals surface area (Å²) in [5, 5.41) is 16.5. The Morgan fingerprint density at radius 2 is 0.792 bits per heavy atom. The molecule has 142 valence electrons. The molecule has 24 heavy (non-hydrogen) atoms. The fourth-order valence-electron chi connectivity index (χ4n) is 1.40. The van der Waals surface area contributed by atoms with Crippen molar-refractivity contribution in [2.75, 3.05) is 66.1 Å². The number of hydrogen-bond acceptors (Lipinski definition) is 8. The Balaban J connectivity index is 3.00. The fourth-order valence-corrected chi connectivity index (χ4v) is 1.40. The summed E-state index contributed by atoms with van der Waals surface area (Å²) < 4.78 is 29.6. The minimum atomic E-state index is -1.28. The molecule has 0 rings (SSSR count). The van der Waals surface area contributed by atoms with Crippen molar-refractivity contribution in [3.63, 3.8) is 0 Å². The molecule has 0 radical (unpaired) electrons. The molecule has 0 aliphatic heterocycles. The molecule has 0 heterocycles. The van der Waals surface area contributed by atoms with E-state index >= 15 is 0 Å². The maximum absolute atomic E-state index is 10.1. The summed E-state index contributed by atoms with van der Waals surface area (Å²) in [6.07, 6.45) is -1.54. The van der Waals surface area contributed by atoms with Gasteiger partial charge in [0.25, 0.3) is 0 Å². The predicted molar refractivity (Wildman–Crippen MR) is 80.5 cm³/mol. The molecule has 0 saturated carbocycles. The van der Waals surface area contributed by atoms with Crippen molar-refractivity contribution in [1.82, 2.24) is 0 Å². The van der Waals surface area contributed by atoms with Gasteiger partial charge in [-0.25, -0.2) is 9.59 Å². The molecular weight excluding hydrogens is 328 g/mol. The first kappa shape index (κ1) is 22.4. The summed E-state index contributed by atoms with van der Waals surface area (Å²) in [4.78, 5) is 20.1. The van der Waals surface area contributed by atoms with Crippen LogP contribution in [0, 0.1) is 0 Å². The zero-order chi connectivity index (χ0) is 17.9. The molecule has 0 aliphatic carbocycles. The quantitative estimate of drug-likeness (QED) is 0.290. The van der Waals surface area contributed by atoms with Crippen molar-refractivity contribution < 1.29 is 48.2 Å². The van der Waals surface area contributed by atoms with Gasteiger partial charge in [-0.3, -0.25) is 0 Å². The number of carboxylic acid groups (broad SMARTS) is 2. The fraction of sp³-hybridized carbons (Fsp3) is 0.857. The van der Waals surface area contributed by atoms with Gasteiger partial charge in [0.1, 0.15) is 0 Å². The Morgan fingerprint density at radius 1 is 0.500 bits per heavy atom. The predicted octanol–water partition coefficient (Wildman–Crippen LogP) is 1.22. The van der Waals surface area contributed by atoms with Crippen LogP contribution >= 0.6 is 0 Å². The molecule has 10 nitrogen and oxygen atoms in total. The van der Waals surface area contributed by atoms with Gasteiger partial charge in [0.15, 0.2) is 0 Å². The van der Waals surface area contributed by atoms with Crippen LogP contribution in [-0.2, 0) is 28.4 Å². The van der Waals surface area contributed by atoms with Gasteiger partial charge in [-0.2, -0.15) is 0 Å². The standard InChI is InChI=1S/C14H26O10/c15-13(16)23-5-1-3-19-7-9-21-11-12-22-10-8-20-4-2-6-24-14(17)18/h1-12H2,(H,15,16)(H,17,18). The molecule has 0 aromatic heterocycles. The third-order valence-electron chi connectivity index (χ3n) is 2.43. The van der Waals surface area contributed by atoms with Gasteiger partial charge in [0, 0.05) is 26.1 Å². The van der Waals surface area contributed by atoms with Crippen molar-refractivity contribution in [1.29, 1.82) is 0 Å². The summed E-state index contributed by atoms with van der Waals surface area (Å²) in [5.41, 5.74) is 0. The molecule has 0 saturated heterocycles. The summed E-state index contributed by atoms with van der Waals surface area (Å²) in [5.74, 6) is 0. The molecule has 0 unspecified atom stereocenters. The second-order valence-corrected chi connectivity index (χ2v) is 4.39. The van der Waals surface area contributed by atoms with Gasteiger partial charge in [0.05, 0.1) is 52.9 Å². The molecule has 10 heteroatoms. The van der Waals surface area contributed by atoms with Gasteiger partial charge >= 0.3 is 12.3 Å². The average Bonchev–Trinajstić information content (AvgIpc) is 2.53. The van der Waals surface area contributed by atoms with E-state index in [9.17, 15) is 9.59 Å². The minimum Gasteiger partial charge on any atom is -0.450 e. The van der Waals surface area contributed by atoms with Crippen LogP contribution in [0.2, 0.25) is 0 Å². The number of ether oxygens (including phenoxy) is 6. The smallest absolute Gasteiger partial charge is 0.450 e. The molecule has 0 aliphatic rings. The highest BCUT2D eigenvalue weighted by Gasteiger charge is 1.97. The van der Waals surface area contributed by atoms with Crippen molar-refractivity contribution >= 4 is 12.3 Å². The van der Waals surface area contributed by atoms with Crippen LogP contribution in [0.1, 0.15) is 12.8 Å². The second-order valence-electron chi connectivity index (χ2n) is 4.39. The average molecular weight is 354 g/mol. The second kappa shape index (κ2) is 17.7. The monoisotopic (exact) mass is 354 g/mol. The van der Waals surface area contributed by atoms with E-state index in [-0.39, 0.29) is 13.2 Å². The van der Waals surface area contributed by atoms with Crippen molar-refractivity contribution in [3.8, 4) is 0 Å². The molecule has 0 bridgehead atoms. The van der Waals surface area contributed by atoms with Crippen LogP contribution in [0.3, 0.4) is 0 Å². The van der Waals surface area contributed by atoms with Crippen LogP contribution in [0.5, 0.6) is 0 Å². The highest BCUT2D eigenvalue weighted by atomic mass is 16.7. The lowest BCUT2D eigenvalue weighted by molar-refractivity contribution is -0.00536. The minimum absolute atomic E-state index is 0.124. The van der Waals surface area contributed by atoms with Crippen LogP contribution < -0.4 is 0 Å². The van der Waals surface area contributed by atoms with E-state index < -0.39 is 12.3 Å². The molecule has 0 atom stereocenters. The van der Waals surface area contributed by atoms with Crippen LogP contribution in [0.25, 0.3) is 0 Å². The summed E-state index contributed by atoms with van der Waals surface area (Å²) in [7, 11) is 0. The van der Waals surface area contributed by atoms with E-state index in [0.29, 0.717) is 65.7 Å². The molecule has 2 N–H and O–H groups in total. The van der Waals surface area contributed by atoms with E-state index in [4.69, 9.17) is 29.2 Å². The lowest BCUT2D eigenvalue weighted by Gasteiger charge is -2.07. The Labute approximate surface area is 140 Å². The Bertz CT molecular complexity index is 280. The van der Waals surface area contributed by atoms with Crippen molar-refractivity contribution in [2.45, 2.75) is 12.8 Å². The van der Waals surface area contributed by atoms with Gasteiger partial charge in [0.2, 0.25) is 0 Å². The summed E-state index contributed by atoms with van der Waals surface area (Å²) in [6.45, 7) is 3.69. The van der Waals surface area contributed by atoms with Gasteiger partial charge < -0.3 is 38.6 Å². The van der Waals surface area contributed by atoms with Gasteiger partial charge in [-0.15, -0.1) is 0 Å². The van der Waals surface area contributed by atoms with E-state index in [1.807, 2.05) is 0 Å². The first-order valence-corrected chi connectivity index (χ1v) is 7.65. The maximum Gasteiger partial charge on any atom is 0.505 e. The highest BCUT2D eigenvalue weighted by Crippen LogP contribution is 1.88. The molecular formula is C14H26O10. The molecule has 0 spiro atoms. The molecule has 0 aromatic carbocycles. The summed E-state index contributed by atoms with van der Waals surface area (Å²) >= 11 is 0. The Hall–Kier alpha value is -1.62. The van der Waals surface area contributed by atoms with Crippen LogP contribution in [0.4, 0.5) is 9.59 Å². The van der Waals surface area contributed by atoms with Crippen LogP contribution in [0.15, 0.2) is 0 Å². The first-order valence-electron chi connectivity index (χ1n) is 7.65. The largest absolute Gasteiger partial charge is 0.505 e. The number of hydrogen-bond donors (Lipinski definition) is 2. The van der Waals surface area contributed by atoms with E-state index in [1.165, 1.54) is 0 Å². The van der Waals surface area contributed by atoms with Crippen molar-refractivity contribution in [2.24, 2.45) is 0 Å². The number of rotatable bonds is 17. The number of carbonyl (C=O) groups is 2. The van der Waals surface area contributed by atoms with Crippen LogP contribution in [-0.4, -0.2) is 88.6 Å². The maximum atomic E-state index is 10.1. The Morgan fingerprint density at radius 3 is 1.08 bits per heavy atom. The highest BCUT2D eigenvalue weighted by molar-refractivity contribution is 5.56. The lowest BCUT2D eigenvalue weighted by atomic mass is 10.5. The zero-order valence-electron chi connectivity index (χ0n) is 13.6. The lowest BCUT2D eigenvalue weighted by Crippen LogP contribution is -2.13. The third kappa shape index (κ3) is 20.4. The van der Waals surface area contributed by atoms with E-state index in [0.717, 1.165) is 0 Å². The van der Waals surface area contributed by atoms with E-state index in [2.05, 4.69) is 9.47 Å². The van der Waals surface area contributed by atoms with Crippen molar-refractivity contribution in [3.05, 3.63) is 0 Å². The first-order chi connectivity index (χ1) is 11.6. The summed E-state index contributed by atoms with van der Waals surface area (Å²) in [6, 6.07) is 0. The SMILES string of the molecule is O=C(O)OCCCOCCOCCOCCOCCCOC(=O)O. The zero-order valence-corrected chi connectivity index (χ0v) is 13.6.